The predicted octanol–water partition coefficient (Wildman–Crippen LogP) is 15.2. The topological polar surface area (TPSA) is 9.86 Å². The summed E-state index contributed by atoms with van der Waals surface area (Å²) >= 11 is 0. The maximum atomic E-state index is 2.63. The van der Waals surface area contributed by atoms with E-state index < -0.39 is 0 Å². The van der Waals surface area contributed by atoms with Gasteiger partial charge in [0.25, 0.3) is 6.71 Å². The molecule has 13 aromatic rings. The molecule has 0 unspecified atom stereocenters. The molecular formula is C66H41BN2. The highest BCUT2D eigenvalue weighted by Crippen LogP contribution is 2.41. The van der Waals surface area contributed by atoms with Crippen LogP contribution in [0.4, 0.5) is 0 Å². The van der Waals surface area contributed by atoms with Gasteiger partial charge < -0.3 is 9.13 Å². The summed E-state index contributed by atoms with van der Waals surface area (Å²) in [5.41, 5.74) is 15.8. The Bertz CT molecular complexity index is 4200. The van der Waals surface area contributed by atoms with Crippen LogP contribution in [0.3, 0.4) is 0 Å². The molecule has 0 saturated carbocycles. The predicted molar refractivity (Wildman–Crippen MR) is 296 cm³/mol. The molecule has 2 aromatic heterocycles. The van der Waals surface area contributed by atoms with Crippen molar-refractivity contribution in [1.29, 1.82) is 0 Å². The van der Waals surface area contributed by atoms with Gasteiger partial charge in [-0.2, -0.15) is 0 Å². The van der Waals surface area contributed by atoms with Crippen LogP contribution in [0.1, 0.15) is 0 Å². The third kappa shape index (κ3) is 5.50. The van der Waals surface area contributed by atoms with Crippen molar-refractivity contribution in [3.05, 3.63) is 249 Å². The molecule has 3 heteroatoms. The van der Waals surface area contributed by atoms with Crippen molar-refractivity contribution in [2.75, 3.05) is 0 Å². The van der Waals surface area contributed by atoms with E-state index in [0.29, 0.717) is 0 Å². The SMILES string of the molecule is c1ccc(-c2cc3c4c(c2)c2ccccc2c2ccccc2c2ccccc2n4-c2cccc4c2B3c2cc(-c3ccccc3)cc3c5ccccc5c5ccccc5c5ccccc5n-4c23)cc1. The second kappa shape index (κ2) is 14.8. The summed E-state index contributed by atoms with van der Waals surface area (Å²) in [6, 6.07) is 93.4. The molecule has 0 aliphatic carbocycles. The lowest BCUT2D eigenvalue weighted by Crippen LogP contribution is -2.59. The molecule has 0 amide bonds. The first-order valence-corrected chi connectivity index (χ1v) is 24.0. The molecule has 318 valence electrons. The first kappa shape index (κ1) is 38.2. The largest absolute Gasteiger partial charge is 0.310 e. The zero-order valence-corrected chi connectivity index (χ0v) is 37.6. The number of benzene rings is 11. The first-order valence-electron chi connectivity index (χ1n) is 24.0. The summed E-state index contributed by atoms with van der Waals surface area (Å²) < 4.78 is 5.26. The van der Waals surface area contributed by atoms with Crippen molar-refractivity contribution in [2.24, 2.45) is 0 Å². The summed E-state index contributed by atoms with van der Waals surface area (Å²) in [7, 11) is 0. The molecule has 69 heavy (non-hydrogen) atoms. The zero-order chi connectivity index (χ0) is 45.2. The lowest BCUT2D eigenvalue weighted by molar-refractivity contribution is 1.13. The highest BCUT2D eigenvalue weighted by molar-refractivity contribution is 7.00. The van der Waals surface area contributed by atoms with Crippen LogP contribution in [-0.2, 0) is 0 Å². The number of aromatic nitrogens is 2. The molecule has 11 aromatic carbocycles. The fourth-order valence-electron chi connectivity index (χ4n) is 12.3. The van der Waals surface area contributed by atoms with Gasteiger partial charge in [-0.3, -0.25) is 0 Å². The number of hydrogen-bond acceptors (Lipinski definition) is 0. The fraction of sp³-hybridized carbons (Fsp3) is 0. The minimum absolute atomic E-state index is 0.136. The lowest BCUT2D eigenvalue weighted by atomic mass is 9.34. The fourth-order valence-corrected chi connectivity index (χ4v) is 12.3. The molecule has 15 rings (SSSR count). The van der Waals surface area contributed by atoms with Crippen LogP contribution >= 0.6 is 0 Å². The minimum Gasteiger partial charge on any atom is -0.310 e. The number of para-hydroxylation sites is 2. The number of nitrogens with zero attached hydrogens (tertiary/aromatic N) is 2. The normalized spacial score (nSPS) is 12.3. The van der Waals surface area contributed by atoms with Gasteiger partial charge >= 0.3 is 0 Å². The number of hydrogen-bond donors (Lipinski definition) is 0. The molecule has 2 aliphatic rings. The van der Waals surface area contributed by atoms with Gasteiger partial charge in [-0.15, -0.1) is 0 Å². The first-order chi connectivity index (χ1) is 34.3. The van der Waals surface area contributed by atoms with E-state index in [0.717, 1.165) is 11.0 Å². The molecule has 0 bridgehead atoms. The van der Waals surface area contributed by atoms with Crippen LogP contribution in [-0.4, -0.2) is 15.8 Å². The van der Waals surface area contributed by atoms with Gasteiger partial charge in [0.05, 0.1) is 11.0 Å². The van der Waals surface area contributed by atoms with Gasteiger partial charge in [0.15, 0.2) is 0 Å². The van der Waals surface area contributed by atoms with Crippen LogP contribution in [0.5, 0.6) is 0 Å². The summed E-state index contributed by atoms with van der Waals surface area (Å²) in [6.45, 7) is -0.136. The summed E-state index contributed by atoms with van der Waals surface area (Å²) in [4.78, 5) is 0. The van der Waals surface area contributed by atoms with E-state index in [1.165, 1.54) is 126 Å². The molecule has 2 nitrogen and oxygen atoms in total. The van der Waals surface area contributed by atoms with Gasteiger partial charge in [0, 0.05) is 44.0 Å². The third-order valence-electron chi connectivity index (χ3n) is 15.1. The maximum Gasteiger partial charge on any atom is 0.252 e. The highest BCUT2D eigenvalue weighted by Gasteiger charge is 2.40. The van der Waals surface area contributed by atoms with Crippen molar-refractivity contribution < 1.29 is 0 Å². The maximum absolute atomic E-state index is 2.63. The Hall–Kier alpha value is -8.92. The molecular weight excluding hydrogens is 832 g/mol. The Labute approximate surface area is 399 Å². The Morgan fingerprint density at radius 2 is 0.536 bits per heavy atom. The summed E-state index contributed by atoms with van der Waals surface area (Å²) in [5, 5.41) is 14.6. The van der Waals surface area contributed by atoms with Crippen LogP contribution < -0.4 is 16.4 Å². The van der Waals surface area contributed by atoms with Crippen LogP contribution in [0, 0.1) is 0 Å². The lowest BCUT2D eigenvalue weighted by Gasteiger charge is -2.36. The van der Waals surface area contributed by atoms with Gasteiger partial charge in [-0.1, -0.05) is 212 Å². The van der Waals surface area contributed by atoms with Crippen molar-refractivity contribution in [3.63, 3.8) is 0 Å². The molecule has 4 heterocycles. The zero-order valence-electron chi connectivity index (χ0n) is 37.6. The van der Waals surface area contributed by atoms with E-state index in [1.807, 2.05) is 0 Å². The van der Waals surface area contributed by atoms with Crippen LogP contribution in [0.15, 0.2) is 249 Å². The summed E-state index contributed by atoms with van der Waals surface area (Å²) in [6.07, 6.45) is 0. The Morgan fingerprint density at radius 1 is 0.232 bits per heavy atom. The number of fused-ring (bicyclic) bond motifs is 18. The molecule has 2 aliphatic heterocycles. The smallest absolute Gasteiger partial charge is 0.252 e. The Balaban J connectivity index is 1.27. The third-order valence-corrected chi connectivity index (χ3v) is 15.1. The molecule has 0 saturated heterocycles. The Kier molecular flexibility index (Phi) is 8.19. The second-order valence-corrected chi connectivity index (χ2v) is 18.7. The molecule has 0 radical (unpaired) electrons. The summed E-state index contributed by atoms with van der Waals surface area (Å²) in [5.74, 6) is 0. The van der Waals surface area contributed by atoms with E-state index in [1.54, 1.807) is 0 Å². The molecule has 0 atom stereocenters. The van der Waals surface area contributed by atoms with Gasteiger partial charge in [0.2, 0.25) is 0 Å². The Morgan fingerprint density at radius 3 is 0.913 bits per heavy atom. The van der Waals surface area contributed by atoms with Crippen molar-refractivity contribution in [3.8, 4) is 33.6 Å². The van der Waals surface area contributed by atoms with Crippen molar-refractivity contribution >= 4 is 110 Å². The second-order valence-electron chi connectivity index (χ2n) is 18.7. The average Bonchev–Trinajstić information content (AvgIpc) is 3.50. The monoisotopic (exact) mass is 872 g/mol. The van der Waals surface area contributed by atoms with Gasteiger partial charge in [-0.05, 0) is 118 Å². The van der Waals surface area contributed by atoms with E-state index in [9.17, 15) is 0 Å². The van der Waals surface area contributed by atoms with E-state index >= 15 is 0 Å². The quantitative estimate of drug-likeness (QED) is 0.153. The van der Waals surface area contributed by atoms with Crippen LogP contribution in [0.2, 0.25) is 0 Å². The highest BCUT2D eigenvalue weighted by atomic mass is 15.0. The van der Waals surface area contributed by atoms with Gasteiger partial charge in [-0.25, -0.2) is 0 Å². The van der Waals surface area contributed by atoms with Crippen molar-refractivity contribution in [2.45, 2.75) is 0 Å². The van der Waals surface area contributed by atoms with E-state index in [-0.39, 0.29) is 6.71 Å². The molecule has 0 spiro atoms. The van der Waals surface area contributed by atoms with E-state index in [2.05, 4.69) is 258 Å². The number of rotatable bonds is 2. The van der Waals surface area contributed by atoms with Crippen LogP contribution in [0.25, 0.3) is 120 Å². The molecule has 0 N–H and O–H groups in total. The average molecular weight is 873 g/mol. The molecule has 0 fully saturated rings. The minimum atomic E-state index is -0.136. The standard InChI is InChI=1S/C66H41BN2/c1-3-20-42(21-4-1)44-38-56-52-30-13-9-26-48(52)46-24-7-11-28-50(46)54-32-15-17-34-60(54)68-62-36-19-37-63-64(62)67(58(40-44)65(56)68)59-41-45(43-22-5-2-6-23-43)39-57-53-31-14-10-27-49(53)47-25-8-12-29-51(47)55-33-16-18-35-61(55)69(63)66(57)59/h1-41H. The van der Waals surface area contributed by atoms with E-state index in [4.69, 9.17) is 0 Å². The van der Waals surface area contributed by atoms with Crippen molar-refractivity contribution in [1.82, 2.24) is 9.13 Å². The van der Waals surface area contributed by atoms with Gasteiger partial charge in [0.1, 0.15) is 0 Å².